The van der Waals surface area contributed by atoms with Crippen molar-refractivity contribution >= 4 is 0 Å². The summed E-state index contributed by atoms with van der Waals surface area (Å²) < 4.78 is 5.75. The van der Waals surface area contributed by atoms with Crippen LogP contribution in [0.25, 0.3) is 0 Å². The zero-order valence-electron chi connectivity index (χ0n) is 12.4. The molecule has 0 radical (unpaired) electrons. The molecular weight excluding hydrogens is 238 g/mol. The van der Waals surface area contributed by atoms with E-state index in [-0.39, 0.29) is 5.54 Å². The molecule has 19 heavy (non-hydrogen) atoms. The molecule has 1 heterocycles. The van der Waals surface area contributed by atoms with Gasteiger partial charge in [-0.1, -0.05) is 6.07 Å². The highest BCUT2D eigenvalue weighted by atomic mass is 16.5. The van der Waals surface area contributed by atoms with E-state index in [9.17, 15) is 0 Å². The average molecular weight is 263 g/mol. The molecule has 0 atom stereocenters. The van der Waals surface area contributed by atoms with Crippen LogP contribution in [0.15, 0.2) is 18.3 Å². The van der Waals surface area contributed by atoms with Crippen molar-refractivity contribution in [2.24, 2.45) is 0 Å². The molecule has 0 spiro atoms. The van der Waals surface area contributed by atoms with Crippen molar-refractivity contribution in [2.45, 2.75) is 44.8 Å². The quantitative estimate of drug-likeness (QED) is 0.817. The fourth-order valence-electron chi connectivity index (χ4n) is 1.53. The third-order valence-electron chi connectivity index (χ3n) is 3.75. The molecule has 1 aliphatic rings. The summed E-state index contributed by atoms with van der Waals surface area (Å²) in [6.07, 6.45) is 4.52. The number of likely N-dealkylation sites (N-methyl/N-ethyl adjacent to an activating group) is 1. The Labute approximate surface area is 116 Å². The zero-order valence-corrected chi connectivity index (χ0v) is 12.4. The minimum absolute atomic E-state index is 0.00782. The van der Waals surface area contributed by atoms with Crippen LogP contribution in [0.1, 0.15) is 32.3 Å². The highest BCUT2D eigenvalue weighted by molar-refractivity contribution is 5.18. The lowest BCUT2D eigenvalue weighted by Crippen LogP contribution is -2.43. The van der Waals surface area contributed by atoms with E-state index in [1.807, 2.05) is 12.3 Å². The summed E-state index contributed by atoms with van der Waals surface area (Å²) in [5.74, 6) is 0.699. The summed E-state index contributed by atoms with van der Waals surface area (Å²) in [5.41, 5.74) is 1.22. The number of aromatic nitrogens is 1. The lowest BCUT2D eigenvalue weighted by atomic mass is 10.1. The fraction of sp³-hybridized carbons (Fsp3) is 0.667. The van der Waals surface area contributed by atoms with Gasteiger partial charge >= 0.3 is 0 Å². The largest absolute Gasteiger partial charge is 0.476 e. The Morgan fingerprint density at radius 3 is 2.63 bits per heavy atom. The summed E-state index contributed by atoms with van der Waals surface area (Å²) in [6.45, 7) is 5.84. The van der Waals surface area contributed by atoms with Crippen LogP contribution in [0.3, 0.4) is 0 Å². The minimum atomic E-state index is 0.00782. The van der Waals surface area contributed by atoms with Crippen LogP contribution in [0, 0.1) is 0 Å². The minimum Gasteiger partial charge on any atom is -0.476 e. The lowest BCUT2D eigenvalue weighted by Gasteiger charge is -2.31. The summed E-state index contributed by atoms with van der Waals surface area (Å²) in [7, 11) is 4.12. The first kappa shape index (κ1) is 14.3. The number of nitrogens with one attached hydrogen (secondary N) is 1. The van der Waals surface area contributed by atoms with E-state index >= 15 is 0 Å². The van der Waals surface area contributed by atoms with E-state index in [1.165, 1.54) is 18.4 Å². The number of hydrogen-bond donors (Lipinski definition) is 1. The SMILES string of the molecule is CN(C)C(C)(C)COc1ccc(CNC2CC2)cn1. The van der Waals surface area contributed by atoms with Crippen LogP contribution in [-0.2, 0) is 6.54 Å². The second kappa shape index (κ2) is 5.88. The van der Waals surface area contributed by atoms with Gasteiger partial charge in [0.15, 0.2) is 0 Å². The number of ether oxygens (including phenoxy) is 1. The van der Waals surface area contributed by atoms with Crippen LogP contribution >= 0.6 is 0 Å². The van der Waals surface area contributed by atoms with Gasteiger partial charge in [0, 0.05) is 30.4 Å². The van der Waals surface area contributed by atoms with Gasteiger partial charge in [-0.05, 0) is 46.3 Å². The van der Waals surface area contributed by atoms with E-state index in [0.717, 1.165) is 12.6 Å². The Morgan fingerprint density at radius 1 is 1.37 bits per heavy atom. The molecule has 1 saturated carbocycles. The van der Waals surface area contributed by atoms with Gasteiger partial charge in [-0.15, -0.1) is 0 Å². The molecule has 1 aromatic heterocycles. The normalized spacial score (nSPS) is 15.8. The van der Waals surface area contributed by atoms with E-state index < -0.39 is 0 Å². The smallest absolute Gasteiger partial charge is 0.213 e. The van der Waals surface area contributed by atoms with Gasteiger partial charge < -0.3 is 15.0 Å². The highest BCUT2D eigenvalue weighted by Crippen LogP contribution is 2.19. The fourth-order valence-corrected chi connectivity index (χ4v) is 1.53. The first-order valence-electron chi connectivity index (χ1n) is 6.96. The molecule has 1 N–H and O–H groups in total. The van der Waals surface area contributed by atoms with Gasteiger partial charge in [0.2, 0.25) is 5.88 Å². The van der Waals surface area contributed by atoms with Crippen molar-refractivity contribution in [3.63, 3.8) is 0 Å². The van der Waals surface area contributed by atoms with Gasteiger partial charge in [0.05, 0.1) is 0 Å². The predicted molar refractivity (Wildman–Crippen MR) is 77.4 cm³/mol. The molecule has 106 valence electrons. The average Bonchev–Trinajstić information content (AvgIpc) is 3.19. The molecule has 0 aromatic carbocycles. The molecule has 1 fully saturated rings. The first-order chi connectivity index (χ1) is 8.97. The Kier molecular flexibility index (Phi) is 4.42. The van der Waals surface area contributed by atoms with Gasteiger partial charge in [-0.2, -0.15) is 0 Å². The van der Waals surface area contributed by atoms with E-state index in [2.05, 4.69) is 49.2 Å². The Morgan fingerprint density at radius 2 is 2.11 bits per heavy atom. The molecule has 4 heteroatoms. The third kappa shape index (κ3) is 4.48. The van der Waals surface area contributed by atoms with Gasteiger partial charge in [-0.25, -0.2) is 4.98 Å². The molecule has 1 aromatic rings. The van der Waals surface area contributed by atoms with Crippen molar-refractivity contribution in [2.75, 3.05) is 20.7 Å². The van der Waals surface area contributed by atoms with E-state index in [1.54, 1.807) is 0 Å². The summed E-state index contributed by atoms with van der Waals surface area (Å²) in [6, 6.07) is 4.77. The van der Waals surface area contributed by atoms with Gasteiger partial charge in [0.25, 0.3) is 0 Å². The standard InChI is InChI=1S/C15H25N3O/c1-15(2,18(3)4)11-19-14-8-5-12(10-17-14)9-16-13-6-7-13/h5,8,10,13,16H,6-7,9,11H2,1-4H3. The van der Waals surface area contributed by atoms with Crippen molar-refractivity contribution < 1.29 is 4.74 Å². The Bertz CT molecular complexity index is 396. The maximum absolute atomic E-state index is 5.75. The van der Waals surface area contributed by atoms with Gasteiger partial charge in [-0.3, -0.25) is 0 Å². The van der Waals surface area contributed by atoms with Gasteiger partial charge in [0.1, 0.15) is 6.61 Å². The number of pyridine rings is 1. The summed E-state index contributed by atoms with van der Waals surface area (Å²) >= 11 is 0. The number of hydrogen-bond acceptors (Lipinski definition) is 4. The maximum Gasteiger partial charge on any atom is 0.213 e. The van der Waals surface area contributed by atoms with Crippen LogP contribution in [-0.4, -0.2) is 42.2 Å². The van der Waals surface area contributed by atoms with Crippen LogP contribution in [0.5, 0.6) is 5.88 Å². The molecule has 0 amide bonds. The zero-order chi connectivity index (χ0) is 13.9. The lowest BCUT2D eigenvalue weighted by molar-refractivity contribution is 0.111. The van der Waals surface area contributed by atoms with Crippen molar-refractivity contribution in [3.05, 3.63) is 23.9 Å². The number of rotatable bonds is 7. The van der Waals surface area contributed by atoms with Crippen LogP contribution < -0.4 is 10.1 Å². The molecule has 0 unspecified atom stereocenters. The molecule has 0 saturated heterocycles. The number of nitrogens with zero attached hydrogens (tertiary/aromatic N) is 2. The molecule has 0 bridgehead atoms. The van der Waals surface area contributed by atoms with Crippen molar-refractivity contribution in [1.82, 2.24) is 15.2 Å². The molecule has 2 rings (SSSR count). The Balaban J connectivity index is 1.80. The maximum atomic E-state index is 5.75. The predicted octanol–water partition coefficient (Wildman–Crippen LogP) is 2.05. The topological polar surface area (TPSA) is 37.4 Å². The monoisotopic (exact) mass is 263 g/mol. The highest BCUT2D eigenvalue weighted by Gasteiger charge is 2.22. The first-order valence-corrected chi connectivity index (χ1v) is 6.96. The van der Waals surface area contributed by atoms with Crippen LogP contribution in [0.2, 0.25) is 0 Å². The van der Waals surface area contributed by atoms with E-state index in [4.69, 9.17) is 4.74 Å². The summed E-state index contributed by atoms with van der Waals surface area (Å²) in [4.78, 5) is 6.51. The van der Waals surface area contributed by atoms with Crippen LogP contribution in [0.4, 0.5) is 0 Å². The summed E-state index contributed by atoms with van der Waals surface area (Å²) in [5, 5.41) is 3.48. The molecule has 4 nitrogen and oxygen atoms in total. The molecule has 0 aliphatic heterocycles. The molecule has 1 aliphatic carbocycles. The van der Waals surface area contributed by atoms with Crippen molar-refractivity contribution in [1.29, 1.82) is 0 Å². The molecular formula is C15H25N3O. The Hall–Kier alpha value is -1.13. The second-order valence-electron chi connectivity index (χ2n) is 6.16. The third-order valence-corrected chi connectivity index (χ3v) is 3.75. The van der Waals surface area contributed by atoms with E-state index in [0.29, 0.717) is 12.5 Å². The second-order valence-corrected chi connectivity index (χ2v) is 6.16. The van der Waals surface area contributed by atoms with Crippen molar-refractivity contribution in [3.8, 4) is 5.88 Å².